The third-order valence-electron chi connectivity index (χ3n) is 1.58. The van der Waals surface area contributed by atoms with E-state index >= 15 is 0 Å². The highest BCUT2D eigenvalue weighted by molar-refractivity contribution is 5.37. The second-order valence-corrected chi connectivity index (χ2v) is 2.69. The van der Waals surface area contributed by atoms with Crippen molar-refractivity contribution in [3.8, 4) is 0 Å². The molecular weight excluding hydrogens is 150 g/mol. The van der Waals surface area contributed by atoms with Gasteiger partial charge in [0.1, 0.15) is 12.1 Å². The lowest BCUT2D eigenvalue weighted by molar-refractivity contribution is 0.964. The van der Waals surface area contributed by atoms with Crippen LogP contribution in [0.3, 0.4) is 0 Å². The van der Waals surface area contributed by atoms with E-state index in [1.807, 2.05) is 31.0 Å². The van der Waals surface area contributed by atoms with E-state index in [9.17, 15) is 0 Å². The zero-order valence-corrected chi connectivity index (χ0v) is 7.49. The van der Waals surface area contributed by atoms with Crippen LogP contribution in [0.1, 0.15) is 5.69 Å². The summed E-state index contributed by atoms with van der Waals surface area (Å²) in [6.45, 7) is 6.42. The maximum atomic E-state index is 4.13. The first kappa shape index (κ1) is 8.71. The molecule has 1 aromatic rings. The molecule has 0 saturated heterocycles. The summed E-state index contributed by atoms with van der Waals surface area (Å²) in [6, 6.07) is 1.95. The number of likely N-dealkylation sites (N-methyl/N-ethyl adjacent to an activating group) is 1. The number of anilines is 1. The van der Waals surface area contributed by atoms with Gasteiger partial charge in [0.25, 0.3) is 0 Å². The van der Waals surface area contributed by atoms with Crippen molar-refractivity contribution in [3.63, 3.8) is 0 Å². The van der Waals surface area contributed by atoms with E-state index in [0.29, 0.717) is 0 Å². The van der Waals surface area contributed by atoms with Gasteiger partial charge in [0.05, 0.1) is 0 Å². The van der Waals surface area contributed by atoms with E-state index in [4.69, 9.17) is 0 Å². The van der Waals surface area contributed by atoms with Gasteiger partial charge in [-0.2, -0.15) is 0 Å². The summed E-state index contributed by atoms with van der Waals surface area (Å²) in [5.41, 5.74) is 0.982. The van der Waals surface area contributed by atoms with Gasteiger partial charge in [0, 0.05) is 25.4 Å². The molecule has 0 spiro atoms. The van der Waals surface area contributed by atoms with Crippen molar-refractivity contribution in [1.29, 1.82) is 0 Å². The summed E-state index contributed by atoms with van der Waals surface area (Å²) in [5.74, 6) is 0.933. The highest BCUT2D eigenvalue weighted by Crippen LogP contribution is 2.07. The molecule has 0 saturated carbocycles. The zero-order chi connectivity index (χ0) is 8.97. The molecule has 1 heterocycles. The predicted molar refractivity (Wildman–Crippen MR) is 50.2 cm³/mol. The lowest BCUT2D eigenvalue weighted by Crippen LogP contribution is -2.18. The molecule has 12 heavy (non-hydrogen) atoms. The van der Waals surface area contributed by atoms with E-state index in [1.165, 1.54) is 0 Å². The molecular formula is C9H13N3. The Labute approximate surface area is 72.8 Å². The van der Waals surface area contributed by atoms with Gasteiger partial charge in [-0.3, -0.25) is 0 Å². The SMILES string of the molecule is C=CCN(C)c1cc(C)ncn1. The normalized spacial score (nSPS) is 9.50. The third-order valence-corrected chi connectivity index (χ3v) is 1.58. The first-order chi connectivity index (χ1) is 5.74. The smallest absolute Gasteiger partial charge is 0.132 e. The second kappa shape index (κ2) is 3.85. The number of nitrogens with zero attached hydrogens (tertiary/aromatic N) is 3. The van der Waals surface area contributed by atoms with Crippen LogP contribution >= 0.6 is 0 Å². The molecule has 0 aliphatic heterocycles. The van der Waals surface area contributed by atoms with E-state index < -0.39 is 0 Å². The summed E-state index contributed by atoms with van der Waals surface area (Å²) in [5, 5.41) is 0. The number of aryl methyl sites for hydroxylation is 1. The zero-order valence-electron chi connectivity index (χ0n) is 7.49. The first-order valence-electron chi connectivity index (χ1n) is 3.84. The fourth-order valence-electron chi connectivity index (χ4n) is 0.936. The highest BCUT2D eigenvalue weighted by Gasteiger charge is 1.99. The lowest BCUT2D eigenvalue weighted by atomic mass is 10.4. The molecule has 1 rings (SSSR count). The molecule has 0 unspecified atom stereocenters. The Bertz CT molecular complexity index is 270. The molecule has 0 aliphatic rings. The Morgan fingerprint density at radius 1 is 1.58 bits per heavy atom. The summed E-state index contributed by atoms with van der Waals surface area (Å²) < 4.78 is 0. The van der Waals surface area contributed by atoms with Crippen molar-refractivity contribution in [3.05, 3.63) is 30.7 Å². The Balaban J connectivity index is 2.80. The summed E-state index contributed by atoms with van der Waals surface area (Å²) in [7, 11) is 1.98. The van der Waals surface area contributed by atoms with E-state index in [-0.39, 0.29) is 0 Å². The van der Waals surface area contributed by atoms with Gasteiger partial charge >= 0.3 is 0 Å². The topological polar surface area (TPSA) is 29.0 Å². The van der Waals surface area contributed by atoms with E-state index in [2.05, 4.69) is 16.5 Å². The average Bonchev–Trinajstić information content (AvgIpc) is 2.05. The molecule has 64 valence electrons. The minimum atomic E-state index is 0.802. The van der Waals surface area contributed by atoms with Crippen LogP contribution in [0.2, 0.25) is 0 Å². The lowest BCUT2D eigenvalue weighted by Gasteiger charge is -2.15. The van der Waals surface area contributed by atoms with Gasteiger partial charge in [-0.05, 0) is 6.92 Å². The van der Waals surface area contributed by atoms with Crippen molar-refractivity contribution < 1.29 is 0 Å². The molecule has 0 bridgehead atoms. The van der Waals surface area contributed by atoms with Crippen molar-refractivity contribution in [2.75, 3.05) is 18.5 Å². The molecule has 3 nitrogen and oxygen atoms in total. The van der Waals surface area contributed by atoms with Crippen LogP contribution in [-0.2, 0) is 0 Å². The van der Waals surface area contributed by atoms with E-state index in [0.717, 1.165) is 18.1 Å². The Kier molecular flexibility index (Phi) is 2.80. The minimum Gasteiger partial charge on any atom is -0.356 e. The minimum absolute atomic E-state index is 0.802. The Morgan fingerprint density at radius 2 is 2.33 bits per heavy atom. The maximum Gasteiger partial charge on any atom is 0.132 e. The molecule has 0 N–H and O–H groups in total. The number of rotatable bonds is 3. The second-order valence-electron chi connectivity index (χ2n) is 2.69. The predicted octanol–water partition coefficient (Wildman–Crippen LogP) is 1.41. The fourth-order valence-corrected chi connectivity index (χ4v) is 0.936. The van der Waals surface area contributed by atoms with Crippen LogP contribution in [0, 0.1) is 6.92 Å². The fraction of sp³-hybridized carbons (Fsp3) is 0.333. The molecule has 0 fully saturated rings. The van der Waals surface area contributed by atoms with Gasteiger partial charge in [0.2, 0.25) is 0 Å². The molecule has 0 amide bonds. The van der Waals surface area contributed by atoms with Crippen molar-refractivity contribution in [2.24, 2.45) is 0 Å². The standard InChI is InChI=1S/C9H13N3/c1-4-5-12(3)9-6-8(2)10-7-11-9/h4,6-7H,1,5H2,2-3H3. The molecule has 3 heteroatoms. The van der Waals surface area contributed by atoms with Crippen LogP contribution in [0.4, 0.5) is 5.82 Å². The molecule has 1 aromatic heterocycles. The number of hydrogen-bond acceptors (Lipinski definition) is 3. The van der Waals surface area contributed by atoms with Crippen LogP contribution < -0.4 is 4.90 Å². The van der Waals surface area contributed by atoms with Gasteiger partial charge in [0.15, 0.2) is 0 Å². The van der Waals surface area contributed by atoms with Gasteiger partial charge in [-0.1, -0.05) is 6.08 Å². The van der Waals surface area contributed by atoms with Crippen LogP contribution in [0.5, 0.6) is 0 Å². The van der Waals surface area contributed by atoms with Crippen molar-refractivity contribution >= 4 is 5.82 Å². The van der Waals surface area contributed by atoms with E-state index in [1.54, 1.807) is 6.33 Å². The third kappa shape index (κ3) is 2.05. The molecule has 0 aliphatic carbocycles. The van der Waals surface area contributed by atoms with Crippen molar-refractivity contribution in [1.82, 2.24) is 9.97 Å². The van der Waals surface area contributed by atoms with Crippen molar-refractivity contribution in [2.45, 2.75) is 6.92 Å². The monoisotopic (exact) mass is 163 g/mol. The van der Waals surface area contributed by atoms with Crippen LogP contribution in [-0.4, -0.2) is 23.6 Å². The quantitative estimate of drug-likeness (QED) is 0.631. The number of aromatic nitrogens is 2. The van der Waals surface area contributed by atoms with Crippen LogP contribution in [0.15, 0.2) is 25.0 Å². The van der Waals surface area contributed by atoms with Gasteiger partial charge in [-0.15, -0.1) is 6.58 Å². The summed E-state index contributed by atoms with van der Waals surface area (Å²) in [6.07, 6.45) is 3.42. The summed E-state index contributed by atoms with van der Waals surface area (Å²) >= 11 is 0. The number of hydrogen-bond donors (Lipinski definition) is 0. The highest BCUT2D eigenvalue weighted by atomic mass is 15.2. The Hall–Kier alpha value is -1.38. The largest absolute Gasteiger partial charge is 0.356 e. The maximum absolute atomic E-state index is 4.13. The van der Waals surface area contributed by atoms with Gasteiger partial charge in [-0.25, -0.2) is 9.97 Å². The first-order valence-corrected chi connectivity index (χ1v) is 3.84. The molecule has 0 radical (unpaired) electrons. The molecule has 0 atom stereocenters. The molecule has 0 aromatic carbocycles. The Morgan fingerprint density at radius 3 is 2.92 bits per heavy atom. The van der Waals surface area contributed by atoms with Crippen LogP contribution in [0.25, 0.3) is 0 Å². The average molecular weight is 163 g/mol. The summed E-state index contributed by atoms with van der Waals surface area (Å²) in [4.78, 5) is 10.2. The van der Waals surface area contributed by atoms with Gasteiger partial charge < -0.3 is 4.90 Å².